The first-order valence-electron chi connectivity index (χ1n) is 11.4. The van der Waals surface area contributed by atoms with Crippen molar-refractivity contribution in [2.75, 3.05) is 25.1 Å². The molecular weight excluding hydrogens is 428 g/mol. The van der Waals surface area contributed by atoms with Crippen LogP contribution in [0.25, 0.3) is 0 Å². The van der Waals surface area contributed by atoms with Crippen LogP contribution in [0.2, 0.25) is 0 Å². The SMILES string of the molecule is CCOC(=O)[C@H]1[C@H]2C(=O)N(CCCO)C(C(=O)Nc3c(C)cccc3C)C23CC[C@]1(C)S3. The summed E-state index contributed by atoms with van der Waals surface area (Å²) >= 11 is 1.62. The first-order valence-corrected chi connectivity index (χ1v) is 12.2. The van der Waals surface area contributed by atoms with Crippen molar-refractivity contribution in [3.05, 3.63) is 29.3 Å². The minimum atomic E-state index is -0.697. The van der Waals surface area contributed by atoms with Gasteiger partial charge in [0.15, 0.2) is 0 Å². The number of carbonyl (C=O) groups is 3. The second-order valence-electron chi connectivity index (χ2n) is 9.34. The molecule has 0 aromatic heterocycles. The van der Waals surface area contributed by atoms with Crippen LogP contribution in [-0.4, -0.2) is 63.1 Å². The highest BCUT2D eigenvalue weighted by Gasteiger charge is 2.77. The molecule has 1 aromatic rings. The van der Waals surface area contributed by atoms with Crippen LogP contribution >= 0.6 is 11.8 Å². The number of aryl methyl sites for hydroxylation is 2. The van der Waals surface area contributed by atoms with Crippen molar-refractivity contribution >= 4 is 35.2 Å². The van der Waals surface area contributed by atoms with E-state index in [1.807, 2.05) is 39.0 Å². The van der Waals surface area contributed by atoms with Crippen molar-refractivity contribution in [3.8, 4) is 0 Å². The Morgan fingerprint density at radius 3 is 2.59 bits per heavy atom. The number of esters is 1. The molecular formula is C24H32N2O5S. The van der Waals surface area contributed by atoms with E-state index in [9.17, 15) is 19.5 Å². The number of aliphatic hydroxyl groups is 1. The fourth-order valence-electron chi connectivity index (χ4n) is 6.00. The van der Waals surface area contributed by atoms with Gasteiger partial charge in [-0.25, -0.2) is 0 Å². The summed E-state index contributed by atoms with van der Waals surface area (Å²) in [7, 11) is 0. The van der Waals surface area contributed by atoms with Gasteiger partial charge < -0.3 is 20.1 Å². The van der Waals surface area contributed by atoms with Gasteiger partial charge in [-0.05, 0) is 58.1 Å². The first-order chi connectivity index (χ1) is 15.2. The minimum Gasteiger partial charge on any atom is -0.466 e. The van der Waals surface area contributed by atoms with E-state index in [0.29, 0.717) is 12.8 Å². The Morgan fingerprint density at radius 2 is 1.97 bits per heavy atom. The van der Waals surface area contributed by atoms with E-state index in [0.717, 1.165) is 23.2 Å². The molecule has 2 bridgehead atoms. The molecule has 2 amide bonds. The predicted octanol–water partition coefficient (Wildman–Crippen LogP) is 2.67. The van der Waals surface area contributed by atoms with Gasteiger partial charge in [-0.15, -0.1) is 11.8 Å². The van der Waals surface area contributed by atoms with Crippen LogP contribution in [0.1, 0.15) is 44.2 Å². The summed E-state index contributed by atoms with van der Waals surface area (Å²) in [6, 6.07) is 5.14. The van der Waals surface area contributed by atoms with Crippen LogP contribution in [0, 0.1) is 25.7 Å². The number of anilines is 1. The molecule has 5 atom stereocenters. The fourth-order valence-corrected chi connectivity index (χ4v) is 8.35. The molecule has 3 fully saturated rings. The zero-order valence-corrected chi connectivity index (χ0v) is 20.0. The normalized spacial score (nSPS) is 32.8. The number of rotatable bonds is 7. The van der Waals surface area contributed by atoms with Crippen molar-refractivity contribution in [3.63, 3.8) is 0 Å². The largest absolute Gasteiger partial charge is 0.466 e. The summed E-state index contributed by atoms with van der Waals surface area (Å²) < 4.78 is 4.28. The van der Waals surface area contributed by atoms with Crippen LogP contribution in [-0.2, 0) is 19.1 Å². The molecule has 4 rings (SSSR count). The van der Waals surface area contributed by atoms with Gasteiger partial charge in [-0.1, -0.05) is 18.2 Å². The Kier molecular flexibility index (Phi) is 6.05. The second kappa shape index (κ2) is 8.37. The van der Waals surface area contributed by atoms with Gasteiger partial charge in [-0.3, -0.25) is 14.4 Å². The molecule has 3 aliphatic heterocycles. The summed E-state index contributed by atoms with van der Waals surface area (Å²) in [6.07, 6.45) is 1.83. The number of nitrogens with zero attached hydrogens (tertiary/aromatic N) is 1. The van der Waals surface area contributed by atoms with Crippen LogP contribution in [0.4, 0.5) is 5.69 Å². The number of carbonyl (C=O) groups excluding carboxylic acids is 3. The summed E-state index contributed by atoms with van der Waals surface area (Å²) in [5.74, 6) is -1.90. The summed E-state index contributed by atoms with van der Waals surface area (Å²) in [5.41, 5.74) is 2.68. The van der Waals surface area contributed by atoms with Crippen molar-refractivity contribution in [1.82, 2.24) is 4.90 Å². The molecule has 2 unspecified atom stereocenters. The maximum absolute atomic E-state index is 13.8. The standard InChI is InChI=1S/C24H32N2O5S/c1-5-31-22(30)17-16-21(29)26(12-7-13-27)19(24(16)11-10-23(17,4)32-24)20(28)25-18-14(2)8-6-9-15(18)3/h6,8-9,16-17,19,27H,5,7,10-13H2,1-4H3,(H,25,28)/t16-,17+,19?,23-,24?/m0/s1. The summed E-state index contributed by atoms with van der Waals surface area (Å²) in [5, 5.41) is 12.5. The maximum atomic E-state index is 13.8. The Labute approximate surface area is 193 Å². The van der Waals surface area contributed by atoms with Gasteiger partial charge in [0.25, 0.3) is 0 Å². The number of likely N-dealkylation sites (tertiary alicyclic amines) is 1. The van der Waals surface area contributed by atoms with Gasteiger partial charge in [-0.2, -0.15) is 0 Å². The maximum Gasteiger partial charge on any atom is 0.311 e. The van der Waals surface area contributed by atoms with E-state index < -0.39 is 27.4 Å². The van der Waals surface area contributed by atoms with E-state index in [2.05, 4.69) is 5.32 Å². The predicted molar refractivity (Wildman–Crippen MR) is 123 cm³/mol. The van der Waals surface area contributed by atoms with Crippen LogP contribution in [0.5, 0.6) is 0 Å². The highest BCUT2D eigenvalue weighted by atomic mass is 32.2. The van der Waals surface area contributed by atoms with Gasteiger partial charge in [0.2, 0.25) is 11.8 Å². The summed E-state index contributed by atoms with van der Waals surface area (Å²) in [6.45, 7) is 8.15. The fraction of sp³-hybridized carbons (Fsp3) is 0.625. The quantitative estimate of drug-likeness (QED) is 0.608. The lowest BCUT2D eigenvalue weighted by Gasteiger charge is -2.34. The van der Waals surface area contributed by atoms with Crippen molar-refractivity contribution < 1.29 is 24.2 Å². The van der Waals surface area contributed by atoms with Gasteiger partial charge >= 0.3 is 5.97 Å². The third kappa shape index (κ3) is 3.34. The highest BCUT2D eigenvalue weighted by molar-refractivity contribution is 8.02. The number of hydrogen-bond acceptors (Lipinski definition) is 6. The minimum absolute atomic E-state index is 0.0706. The molecule has 0 aliphatic carbocycles. The van der Waals surface area contributed by atoms with Crippen molar-refractivity contribution in [2.24, 2.45) is 11.8 Å². The van der Waals surface area contributed by atoms with E-state index in [-0.39, 0.29) is 37.5 Å². The zero-order chi connectivity index (χ0) is 23.3. The second-order valence-corrected chi connectivity index (χ2v) is 11.2. The van der Waals surface area contributed by atoms with E-state index in [1.165, 1.54) is 0 Å². The summed E-state index contributed by atoms with van der Waals surface area (Å²) in [4.78, 5) is 42.0. The zero-order valence-electron chi connectivity index (χ0n) is 19.1. The average Bonchev–Trinajstić information content (AvgIpc) is 3.30. The molecule has 1 aromatic carbocycles. The van der Waals surface area contributed by atoms with Crippen LogP contribution in [0.3, 0.4) is 0 Å². The number of amides is 2. The molecule has 1 spiro atoms. The molecule has 2 N–H and O–H groups in total. The third-order valence-corrected chi connectivity index (χ3v) is 9.34. The number of ether oxygens (including phenoxy) is 1. The molecule has 8 heteroatoms. The number of nitrogens with one attached hydrogen (secondary N) is 1. The first kappa shape index (κ1) is 23.1. The number of thioether (sulfide) groups is 1. The highest BCUT2D eigenvalue weighted by Crippen LogP contribution is 2.71. The third-order valence-electron chi connectivity index (χ3n) is 7.35. The van der Waals surface area contributed by atoms with Gasteiger partial charge in [0.1, 0.15) is 6.04 Å². The number of fused-ring (bicyclic) bond motifs is 1. The van der Waals surface area contributed by atoms with Crippen LogP contribution in [0.15, 0.2) is 18.2 Å². The lowest BCUT2D eigenvalue weighted by Crippen LogP contribution is -2.51. The molecule has 3 aliphatic rings. The number of hydrogen-bond donors (Lipinski definition) is 2. The lowest BCUT2D eigenvalue weighted by molar-refractivity contribution is -0.155. The van der Waals surface area contributed by atoms with Crippen molar-refractivity contribution in [2.45, 2.75) is 62.5 Å². The Bertz CT molecular complexity index is 932. The van der Waals surface area contributed by atoms with E-state index >= 15 is 0 Å². The molecule has 3 heterocycles. The Balaban J connectivity index is 1.74. The van der Waals surface area contributed by atoms with E-state index in [4.69, 9.17) is 4.74 Å². The van der Waals surface area contributed by atoms with E-state index in [1.54, 1.807) is 23.6 Å². The van der Waals surface area contributed by atoms with Gasteiger partial charge in [0, 0.05) is 23.6 Å². The molecule has 174 valence electrons. The Morgan fingerprint density at radius 1 is 1.28 bits per heavy atom. The van der Waals surface area contributed by atoms with Crippen LogP contribution < -0.4 is 5.32 Å². The molecule has 0 saturated carbocycles. The molecule has 3 saturated heterocycles. The molecule has 0 radical (unpaired) electrons. The number of para-hydroxylation sites is 1. The lowest BCUT2D eigenvalue weighted by atomic mass is 9.66. The van der Waals surface area contributed by atoms with Crippen molar-refractivity contribution in [1.29, 1.82) is 0 Å². The topological polar surface area (TPSA) is 95.9 Å². The smallest absolute Gasteiger partial charge is 0.311 e. The number of aliphatic hydroxyl groups excluding tert-OH is 1. The van der Waals surface area contributed by atoms with Gasteiger partial charge in [0.05, 0.1) is 23.2 Å². The molecule has 7 nitrogen and oxygen atoms in total. The Hall–Kier alpha value is -2.06. The molecule has 32 heavy (non-hydrogen) atoms. The average molecular weight is 461 g/mol. The monoisotopic (exact) mass is 460 g/mol. The number of benzene rings is 1.